The second-order valence-corrected chi connectivity index (χ2v) is 6.08. The van der Waals surface area contributed by atoms with Crippen LogP contribution < -0.4 is 10.1 Å². The molecule has 0 aliphatic rings. The summed E-state index contributed by atoms with van der Waals surface area (Å²) in [4.78, 5) is 8.87. The van der Waals surface area contributed by atoms with E-state index in [9.17, 15) is 0 Å². The highest BCUT2D eigenvalue weighted by atomic mass is 35.5. The maximum Gasteiger partial charge on any atom is 0.227 e. The minimum absolute atomic E-state index is 0.577. The average molecular weight is 444 g/mol. The number of hydrogen-bond donors (Lipinski definition) is 1. The molecule has 2 aromatic carbocycles. The summed E-state index contributed by atoms with van der Waals surface area (Å²) < 4.78 is 5.26. The number of ether oxygens (including phenoxy) is 1. The minimum Gasteiger partial charge on any atom is -0.495 e. The lowest BCUT2D eigenvalue weighted by atomic mass is 10.1. The van der Waals surface area contributed by atoms with Crippen LogP contribution >= 0.6 is 11.6 Å². The van der Waals surface area contributed by atoms with Crippen LogP contribution in [0.3, 0.4) is 0 Å². The van der Waals surface area contributed by atoms with E-state index in [1.807, 2.05) is 77.9 Å². The first-order valence-corrected chi connectivity index (χ1v) is 11.6. The Kier molecular flexibility index (Phi) is 15.7. The van der Waals surface area contributed by atoms with E-state index in [4.69, 9.17) is 16.3 Å². The normalized spacial score (nSPS) is 9.06. The summed E-state index contributed by atoms with van der Waals surface area (Å²) in [5, 5.41) is 3.88. The molecule has 0 saturated heterocycles. The van der Waals surface area contributed by atoms with E-state index in [0.717, 1.165) is 29.7 Å². The van der Waals surface area contributed by atoms with Crippen LogP contribution in [0, 0.1) is 0 Å². The number of aryl methyl sites for hydroxylation is 1. The molecule has 0 saturated carbocycles. The third-order valence-electron chi connectivity index (χ3n) is 3.92. The summed E-state index contributed by atoms with van der Waals surface area (Å²) in [6.45, 7) is 14.2. The summed E-state index contributed by atoms with van der Waals surface area (Å²) in [6, 6.07) is 13.8. The summed E-state index contributed by atoms with van der Waals surface area (Å²) in [6.07, 6.45) is 5.70. The van der Waals surface area contributed by atoms with Crippen LogP contribution in [-0.4, -0.2) is 17.1 Å². The van der Waals surface area contributed by atoms with Crippen LogP contribution in [0.4, 0.5) is 11.6 Å². The van der Waals surface area contributed by atoms with E-state index in [1.165, 1.54) is 5.56 Å². The van der Waals surface area contributed by atoms with E-state index < -0.39 is 0 Å². The zero-order chi connectivity index (χ0) is 23.6. The molecule has 0 aliphatic carbocycles. The van der Waals surface area contributed by atoms with Crippen molar-refractivity contribution in [3.8, 4) is 16.9 Å². The molecule has 0 fully saturated rings. The quantitative estimate of drug-likeness (QED) is 0.414. The highest BCUT2D eigenvalue weighted by molar-refractivity contribution is 6.32. The molecule has 170 valence electrons. The molecule has 0 atom stereocenters. The molecule has 0 spiro atoms. The van der Waals surface area contributed by atoms with Crippen molar-refractivity contribution in [3.05, 3.63) is 65.4 Å². The summed E-state index contributed by atoms with van der Waals surface area (Å²) >= 11 is 6.07. The van der Waals surface area contributed by atoms with E-state index in [2.05, 4.69) is 28.3 Å². The summed E-state index contributed by atoms with van der Waals surface area (Å²) in [5.41, 5.74) is 4.17. The van der Waals surface area contributed by atoms with Crippen LogP contribution in [0.15, 0.2) is 54.9 Å². The molecular formula is C26H38ClN3O. The predicted molar refractivity (Wildman–Crippen MR) is 137 cm³/mol. The SMILES string of the molecule is CC.CC.CC.CCCc1ccccc1Nc1ncc(-c2ccc(Cl)c(OC)c2)cn1. The number of anilines is 2. The van der Waals surface area contributed by atoms with Crippen LogP contribution in [-0.2, 0) is 6.42 Å². The molecule has 1 N–H and O–H groups in total. The monoisotopic (exact) mass is 443 g/mol. The van der Waals surface area contributed by atoms with Crippen LogP contribution in [0.1, 0.15) is 60.5 Å². The third-order valence-corrected chi connectivity index (χ3v) is 4.23. The molecule has 0 amide bonds. The molecular weight excluding hydrogens is 406 g/mol. The highest BCUT2D eigenvalue weighted by Crippen LogP contribution is 2.30. The fraction of sp³-hybridized carbons (Fsp3) is 0.385. The third kappa shape index (κ3) is 8.97. The minimum atomic E-state index is 0.577. The van der Waals surface area contributed by atoms with Gasteiger partial charge in [-0.1, -0.05) is 90.8 Å². The fourth-order valence-corrected chi connectivity index (χ4v) is 2.83. The Hall–Kier alpha value is -2.59. The average Bonchev–Trinajstić information content (AvgIpc) is 2.85. The van der Waals surface area contributed by atoms with Gasteiger partial charge in [-0.25, -0.2) is 9.97 Å². The van der Waals surface area contributed by atoms with Crippen molar-refractivity contribution in [2.24, 2.45) is 0 Å². The van der Waals surface area contributed by atoms with E-state index >= 15 is 0 Å². The number of benzene rings is 2. The number of rotatable bonds is 6. The van der Waals surface area contributed by atoms with Gasteiger partial charge in [-0.2, -0.15) is 0 Å². The number of para-hydroxylation sites is 1. The van der Waals surface area contributed by atoms with E-state index in [-0.39, 0.29) is 0 Å². The number of aromatic nitrogens is 2. The molecule has 1 heterocycles. The molecule has 4 nitrogen and oxygen atoms in total. The second kappa shape index (κ2) is 17.1. The first kappa shape index (κ1) is 28.4. The molecule has 3 aromatic rings. The van der Waals surface area contributed by atoms with E-state index in [0.29, 0.717) is 16.7 Å². The van der Waals surface area contributed by atoms with Gasteiger partial charge in [0.2, 0.25) is 5.95 Å². The molecule has 5 heteroatoms. The van der Waals surface area contributed by atoms with Crippen molar-refractivity contribution in [3.63, 3.8) is 0 Å². The standard InChI is InChI=1S/C20H20ClN3O.3C2H6/c1-3-6-14-7-4-5-8-18(14)24-20-22-12-16(13-23-20)15-9-10-17(21)19(11-15)25-2;3*1-2/h4-5,7-13H,3,6H2,1-2H3,(H,22,23,24);3*1-2H3. The van der Waals surface area contributed by atoms with Crippen molar-refractivity contribution in [1.82, 2.24) is 9.97 Å². The van der Waals surface area contributed by atoms with Gasteiger partial charge in [0.1, 0.15) is 5.75 Å². The molecule has 0 radical (unpaired) electrons. The zero-order valence-electron chi connectivity index (χ0n) is 20.3. The van der Waals surface area contributed by atoms with Gasteiger partial charge in [0.15, 0.2) is 0 Å². The molecule has 3 rings (SSSR count). The van der Waals surface area contributed by atoms with Gasteiger partial charge in [0.25, 0.3) is 0 Å². The Bertz CT molecular complexity index is 852. The second-order valence-electron chi connectivity index (χ2n) is 5.68. The number of halogens is 1. The van der Waals surface area contributed by atoms with E-state index in [1.54, 1.807) is 19.5 Å². The summed E-state index contributed by atoms with van der Waals surface area (Å²) in [7, 11) is 1.60. The Labute approximate surface area is 194 Å². The van der Waals surface area contributed by atoms with Gasteiger partial charge in [-0.3, -0.25) is 0 Å². The van der Waals surface area contributed by atoms with Crippen LogP contribution in [0.5, 0.6) is 5.75 Å². The maximum absolute atomic E-state index is 6.07. The fourth-order valence-electron chi connectivity index (χ4n) is 2.63. The Morgan fingerprint density at radius 3 is 2.06 bits per heavy atom. The molecule has 0 aliphatic heterocycles. The Balaban J connectivity index is 0.00000138. The number of nitrogens with zero attached hydrogens (tertiary/aromatic N) is 2. The predicted octanol–water partition coefficient (Wildman–Crippen LogP) is 8.58. The summed E-state index contributed by atoms with van der Waals surface area (Å²) in [5.74, 6) is 1.21. The van der Waals surface area contributed by atoms with Crippen molar-refractivity contribution in [2.75, 3.05) is 12.4 Å². The van der Waals surface area contributed by atoms with Gasteiger partial charge in [-0.15, -0.1) is 0 Å². The molecule has 31 heavy (non-hydrogen) atoms. The van der Waals surface area contributed by atoms with Gasteiger partial charge < -0.3 is 10.1 Å². The van der Waals surface area contributed by atoms with Crippen LogP contribution in [0.2, 0.25) is 5.02 Å². The number of hydrogen-bond acceptors (Lipinski definition) is 4. The van der Waals surface area contributed by atoms with Crippen molar-refractivity contribution >= 4 is 23.2 Å². The number of methoxy groups -OCH3 is 1. The zero-order valence-corrected chi connectivity index (χ0v) is 21.0. The lowest BCUT2D eigenvalue weighted by molar-refractivity contribution is 0.415. The first-order valence-electron chi connectivity index (χ1n) is 11.2. The lowest BCUT2D eigenvalue weighted by Crippen LogP contribution is -2.00. The van der Waals surface area contributed by atoms with Gasteiger partial charge >= 0.3 is 0 Å². The van der Waals surface area contributed by atoms with Crippen molar-refractivity contribution < 1.29 is 4.74 Å². The van der Waals surface area contributed by atoms with Gasteiger partial charge in [0.05, 0.1) is 12.1 Å². The van der Waals surface area contributed by atoms with Crippen molar-refractivity contribution in [2.45, 2.75) is 61.3 Å². The first-order chi connectivity index (χ1) is 15.2. The van der Waals surface area contributed by atoms with Crippen LogP contribution in [0.25, 0.3) is 11.1 Å². The van der Waals surface area contributed by atoms with Crippen molar-refractivity contribution in [1.29, 1.82) is 0 Å². The number of nitrogens with one attached hydrogen (secondary N) is 1. The smallest absolute Gasteiger partial charge is 0.227 e. The van der Waals surface area contributed by atoms with Gasteiger partial charge in [0, 0.05) is 23.6 Å². The maximum atomic E-state index is 6.07. The Morgan fingerprint density at radius 1 is 0.871 bits per heavy atom. The highest BCUT2D eigenvalue weighted by Gasteiger charge is 2.07. The molecule has 0 unspecified atom stereocenters. The largest absolute Gasteiger partial charge is 0.495 e. The Morgan fingerprint density at radius 2 is 1.48 bits per heavy atom. The van der Waals surface area contributed by atoms with Gasteiger partial charge in [-0.05, 0) is 35.7 Å². The topological polar surface area (TPSA) is 47.0 Å². The molecule has 0 bridgehead atoms. The lowest BCUT2D eigenvalue weighted by Gasteiger charge is -2.11. The molecule has 1 aromatic heterocycles.